The van der Waals surface area contributed by atoms with Crippen molar-refractivity contribution in [1.29, 1.82) is 0 Å². The molecule has 0 aromatic heterocycles. The van der Waals surface area contributed by atoms with E-state index in [0.29, 0.717) is 0 Å². The number of nitrogens with zero attached hydrogens (tertiary/aromatic N) is 1. The average molecular weight is 304 g/mol. The van der Waals surface area contributed by atoms with E-state index in [1.165, 1.54) is 6.42 Å². The van der Waals surface area contributed by atoms with E-state index in [-0.39, 0.29) is 23.3 Å². The van der Waals surface area contributed by atoms with Crippen LogP contribution in [0.2, 0.25) is 0 Å². The van der Waals surface area contributed by atoms with Crippen molar-refractivity contribution in [2.75, 3.05) is 19.8 Å². The normalized spacial score (nSPS) is 28.2. The maximum absolute atomic E-state index is 12.7. The van der Waals surface area contributed by atoms with Crippen LogP contribution in [-0.4, -0.2) is 44.2 Å². The molecule has 0 saturated heterocycles. The van der Waals surface area contributed by atoms with E-state index in [9.17, 15) is 8.42 Å². The molecule has 0 spiro atoms. The summed E-state index contributed by atoms with van der Waals surface area (Å²) in [6.07, 6.45) is 6.14. The predicted molar refractivity (Wildman–Crippen MR) is 85.3 cm³/mol. The molecule has 1 N–H and O–H groups in total. The van der Waals surface area contributed by atoms with Gasteiger partial charge in [0.2, 0.25) is 10.0 Å². The van der Waals surface area contributed by atoms with Gasteiger partial charge in [-0.15, -0.1) is 0 Å². The maximum atomic E-state index is 12.7. The zero-order chi connectivity index (χ0) is 15.4. The molecule has 0 bridgehead atoms. The highest BCUT2D eigenvalue weighted by Gasteiger charge is 2.41. The third-order valence-electron chi connectivity index (χ3n) is 5.21. The van der Waals surface area contributed by atoms with Gasteiger partial charge in [0, 0.05) is 18.6 Å². The molecule has 120 valence electrons. The molecule has 0 aromatic carbocycles. The lowest BCUT2D eigenvalue weighted by Crippen LogP contribution is -2.60. The quantitative estimate of drug-likeness (QED) is 0.786. The summed E-state index contributed by atoms with van der Waals surface area (Å²) < 4.78 is 27.0. The fraction of sp³-hybridized carbons (Fsp3) is 1.00. The van der Waals surface area contributed by atoms with Crippen LogP contribution in [-0.2, 0) is 10.0 Å². The van der Waals surface area contributed by atoms with Crippen molar-refractivity contribution in [3.05, 3.63) is 0 Å². The summed E-state index contributed by atoms with van der Waals surface area (Å²) in [4.78, 5) is 0. The van der Waals surface area contributed by atoms with E-state index in [1.54, 1.807) is 11.4 Å². The fourth-order valence-electron chi connectivity index (χ4n) is 3.32. The second-order valence-electron chi connectivity index (χ2n) is 6.41. The largest absolute Gasteiger partial charge is 0.313 e. The molecule has 0 amide bonds. The van der Waals surface area contributed by atoms with Crippen molar-refractivity contribution in [2.45, 2.75) is 70.9 Å². The summed E-state index contributed by atoms with van der Waals surface area (Å²) in [6.45, 7) is 6.30. The molecule has 0 heterocycles. The Balaban J connectivity index is 2.88. The number of nitrogens with one attached hydrogen (secondary N) is 1. The first kappa shape index (κ1) is 17.9. The van der Waals surface area contributed by atoms with Gasteiger partial charge in [0.15, 0.2) is 0 Å². The summed E-state index contributed by atoms with van der Waals surface area (Å²) in [7, 11) is 0.540. The molecule has 0 aromatic rings. The topological polar surface area (TPSA) is 49.4 Å². The second-order valence-corrected chi connectivity index (χ2v) is 8.48. The monoisotopic (exact) mass is 304 g/mol. The van der Waals surface area contributed by atoms with Crippen LogP contribution in [0.4, 0.5) is 0 Å². The van der Waals surface area contributed by atoms with Gasteiger partial charge in [0.05, 0.1) is 5.75 Å². The number of hydrogen-bond acceptors (Lipinski definition) is 3. The summed E-state index contributed by atoms with van der Waals surface area (Å²) in [5.74, 6) is 0.555. The van der Waals surface area contributed by atoms with Gasteiger partial charge < -0.3 is 5.32 Å². The standard InChI is InChI=1S/C15H32N2O2S/c1-6-13(7-2)12-20(18,19)17(5)14-10-8-9-11-15(14,3)16-4/h13-14,16H,6-12H2,1-5H3. The van der Waals surface area contributed by atoms with Gasteiger partial charge in [-0.05, 0) is 32.7 Å². The lowest BCUT2D eigenvalue weighted by Gasteiger charge is -2.45. The van der Waals surface area contributed by atoms with Crippen molar-refractivity contribution < 1.29 is 8.42 Å². The molecule has 5 heteroatoms. The van der Waals surface area contributed by atoms with Gasteiger partial charge >= 0.3 is 0 Å². The summed E-state index contributed by atoms with van der Waals surface area (Å²) in [5.41, 5.74) is -0.103. The highest BCUT2D eigenvalue weighted by atomic mass is 32.2. The van der Waals surface area contributed by atoms with E-state index in [2.05, 4.69) is 26.1 Å². The van der Waals surface area contributed by atoms with E-state index in [4.69, 9.17) is 0 Å². The molecule has 0 aliphatic heterocycles. The average Bonchev–Trinajstić information content (AvgIpc) is 2.44. The van der Waals surface area contributed by atoms with E-state index in [0.717, 1.165) is 32.1 Å². The summed E-state index contributed by atoms with van der Waals surface area (Å²) in [6, 6.07) is 0.0700. The molecule has 1 rings (SSSR count). The van der Waals surface area contributed by atoms with Crippen molar-refractivity contribution in [3.8, 4) is 0 Å². The van der Waals surface area contributed by atoms with Gasteiger partial charge in [-0.2, -0.15) is 0 Å². The first-order valence-electron chi connectivity index (χ1n) is 7.95. The fourth-order valence-corrected chi connectivity index (χ4v) is 5.35. The van der Waals surface area contributed by atoms with Crippen LogP contribution in [0.5, 0.6) is 0 Å². The number of sulfonamides is 1. The zero-order valence-corrected chi connectivity index (χ0v) is 14.6. The minimum atomic E-state index is -3.17. The second kappa shape index (κ2) is 7.23. The number of likely N-dealkylation sites (N-methyl/N-ethyl adjacent to an activating group) is 2. The molecule has 1 saturated carbocycles. The van der Waals surface area contributed by atoms with Crippen molar-refractivity contribution in [1.82, 2.24) is 9.62 Å². The molecule has 2 atom stereocenters. The van der Waals surface area contributed by atoms with Crippen LogP contribution in [0.25, 0.3) is 0 Å². The van der Waals surface area contributed by atoms with Gasteiger partial charge in [0.25, 0.3) is 0 Å². The Morgan fingerprint density at radius 3 is 2.40 bits per heavy atom. The molecule has 4 nitrogen and oxygen atoms in total. The van der Waals surface area contributed by atoms with Crippen molar-refractivity contribution in [2.24, 2.45) is 5.92 Å². The Morgan fingerprint density at radius 1 is 1.30 bits per heavy atom. The third-order valence-corrected chi connectivity index (χ3v) is 7.23. The minimum absolute atomic E-state index is 0.0700. The van der Waals surface area contributed by atoms with E-state index >= 15 is 0 Å². The molecule has 1 aliphatic rings. The third kappa shape index (κ3) is 3.95. The maximum Gasteiger partial charge on any atom is 0.214 e. The molecule has 1 fully saturated rings. The highest BCUT2D eigenvalue weighted by molar-refractivity contribution is 7.89. The van der Waals surface area contributed by atoms with Crippen LogP contribution in [0.1, 0.15) is 59.3 Å². The minimum Gasteiger partial charge on any atom is -0.313 e. The van der Waals surface area contributed by atoms with E-state index in [1.807, 2.05) is 7.05 Å². The van der Waals surface area contributed by atoms with Crippen LogP contribution >= 0.6 is 0 Å². The molecule has 2 unspecified atom stereocenters. The lowest BCUT2D eigenvalue weighted by molar-refractivity contribution is 0.147. The number of rotatable bonds is 7. The van der Waals surface area contributed by atoms with Gasteiger partial charge in [-0.1, -0.05) is 39.5 Å². The van der Waals surface area contributed by atoms with Crippen LogP contribution in [0.15, 0.2) is 0 Å². The zero-order valence-electron chi connectivity index (χ0n) is 13.8. The van der Waals surface area contributed by atoms with Crippen molar-refractivity contribution >= 4 is 10.0 Å². The Labute approximate surface area is 125 Å². The first-order valence-corrected chi connectivity index (χ1v) is 9.56. The highest BCUT2D eigenvalue weighted by Crippen LogP contribution is 2.33. The summed E-state index contributed by atoms with van der Waals surface area (Å²) in [5, 5.41) is 3.36. The first-order chi connectivity index (χ1) is 9.30. The smallest absolute Gasteiger partial charge is 0.214 e. The Morgan fingerprint density at radius 2 is 1.90 bits per heavy atom. The van der Waals surface area contributed by atoms with Crippen LogP contribution < -0.4 is 5.32 Å². The summed E-state index contributed by atoms with van der Waals surface area (Å²) >= 11 is 0. The Kier molecular flexibility index (Phi) is 6.48. The SMILES string of the molecule is CCC(CC)CS(=O)(=O)N(C)C1CCCCC1(C)NC. The van der Waals surface area contributed by atoms with Gasteiger partial charge in [-0.25, -0.2) is 12.7 Å². The molecular formula is C15H32N2O2S. The Bertz CT molecular complexity index is 393. The van der Waals surface area contributed by atoms with Crippen LogP contribution in [0, 0.1) is 5.92 Å². The van der Waals surface area contributed by atoms with E-state index < -0.39 is 10.0 Å². The molecule has 20 heavy (non-hydrogen) atoms. The lowest BCUT2D eigenvalue weighted by atomic mass is 9.79. The van der Waals surface area contributed by atoms with Crippen molar-refractivity contribution in [3.63, 3.8) is 0 Å². The van der Waals surface area contributed by atoms with Crippen LogP contribution in [0.3, 0.4) is 0 Å². The Hall–Kier alpha value is -0.130. The predicted octanol–water partition coefficient (Wildman–Crippen LogP) is 2.60. The molecule has 0 radical (unpaired) electrons. The number of hydrogen-bond donors (Lipinski definition) is 1. The van der Waals surface area contributed by atoms with Gasteiger partial charge in [-0.3, -0.25) is 0 Å². The molecular weight excluding hydrogens is 272 g/mol. The van der Waals surface area contributed by atoms with Gasteiger partial charge in [0.1, 0.15) is 0 Å². The molecule has 1 aliphatic carbocycles.